The fourth-order valence-electron chi connectivity index (χ4n) is 7.74. The second-order valence-electron chi connectivity index (χ2n) is 12.4. The lowest BCUT2D eigenvalue weighted by molar-refractivity contribution is -0.312. The van der Waals surface area contributed by atoms with Gasteiger partial charge in [0.2, 0.25) is 0 Å². The molecule has 0 N–H and O–H groups in total. The Kier molecular flexibility index (Phi) is 8.51. The minimum Gasteiger partial charge on any atom is -0.472 e. The molecule has 2 aromatic rings. The summed E-state index contributed by atoms with van der Waals surface area (Å²) in [6.45, 7) is 8.54. The van der Waals surface area contributed by atoms with Crippen molar-refractivity contribution in [3.05, 3.63) is 54.2 Å². The first-order chi connectivity index (χ1) is 21.2. The first-order valence-electron chi connectivity index (χ1n) is 14.8. The molecule has 45 heavy (non-hydrogen) atoms. The van der Waals surface area contributed by atoms with Crippen LogP contribution < -0.4 is 0 Å². The van der Waals surface area contributed by atoms with Gasteiger partial charge in [-0.05, 0) is 50.8 Å². The van der Waals surface area contributed by atoms with E-state index >= 15 is 0 Å². The van der Waals surface area contributed by atoms with E-state index in [-0.39, 0.29) is 17.5 Å². The molecule has 1 aliphatic heterocycles. The summed E-state index contributed by atoms with van der Waals surface area (Å²) in [5.41, 5.74) is -4.26. The van der Waals surface area contributed by atoms with Gasteiger partial charge < -0.3 is 32.8 Å². The van der Waals surface area contributed by atoms with Gasteiger partial charge >= 0.3 is 29.8 Å². The molecule has 8 atom stereocenters. The molecule has 0 amide bonds. The molecule has 5 rings (SSSR count). The fraction of sp³-hybridized carbons (Fsp3) is 0.562. The normalized spacial score (nSPS) is 32.8. The molecular formula is C32H37NO12. The topological polar surface area (TPSA) is 167 Å². The molecule has 0 aromatic carbocycles. The number of rotatable bonds is 8. The largest absolute Gasteiger partial charge is 0.472 e. The minimum absolute atomic E-state index is 0.102. The van der Waals surface area contributed by atoms with Crippen molar-refractivity contribution in [3.8, 4) is 0 Å². The van der Waals surface area contributed by atoms with Crippen LogP contribution in [0.2, 0.25) is 0 Å². The van der Waals surface area contributed by atoms with Crippen molar-refractivity contribution < 1.29 is 56.8 Å². The number of carbonyl (C=O) groups excluding carboxylic acids is 5. The molecule has 3 heterocycles. The van der Waals surface area contributed by atoms with Crippen LogP contribution in [0.5, 0.6) is 0 Å². The highest BCUT2D eigenvalue weighted by atomic mass is 16.6. The van der Waals surface area contributed by atoms with Crippen LogP contribution in [0.1, 0.15) is 75.1 Å². The molecule has 2 aromatic heterocycles. The van der Waals surface area contributed by atoms with Gasteiger partial charge in [0.25, 0.3) is 0 Å². The van der Waals surface area contributed by atoms with Crippen LogP contribution in [0, 0.1) is 17.3 Å². The first kappa shape index (κ1) is 32.1. The highest BCUT2D eigenvalue weighted by Gasteiger charge is 2.84. The van der Waals surface area contributed by atoms with Crippen LogP contribution in [0.3, 0.4) is 0 Å². The number of hydrogen-bond donors (Lipinski definition) is 0. The van der Waals surface area contributed by atoms with Crippen molar-refractivity contribution in [2.24, 2.45) is 17.3 Å². The van der Waals surface area contributed by atoms with E-state index in [2.05, 4.69) is 4.98 Å². The summed E-state index contributed by atoms with van der Waals surface area (Å²) in [5, 5.41) is 0. The SMILES string of the molecule is CC(=O)OC[C@@]12[C@@H](OC(C)=O)CC[C@@H](C)[C@]13OC(C)(C)[C@H]([C@@H](OC(C)=O)[C@H]2OC(=O)c1cccnc1)[C@H]3OC(=O)c1ccoc1. The fourth-order valence-corrected chi connectivity index (χ4v) is 7.74. The molecule has 13 nitrogen and oxygen atoms in total. The zero-order valence-electron chi connectivity index (χ0n) is 26.0. The molecule has 2 bridgehead atoms. The number of aromatic nitrogens is 1. The first-order valence-corrected chi connectivity index (χ1v) is 14.8. The lowest BCUT2D eigenvalue weighted by atomic mass is 9.47. The van der Waals surface area contributed by atoms with Crippen molar-refractivity contribution in [2.45, 2.75) is 90.0 Å². The van der Waals surface area contributed by atoms with Gasteiger partial charge in [-0.25, -0.2) is 9.59 Å². The minimum atomic E-state index is -1.73. The highest BCUT2D eigenvalue weighted by molar-refractivity contribution is 5.90. The summed E-state index contributed by atoms with van der Waals surface area (Å²) in [7, 11) is 0. The average molecular weight is 628 g/mol. The van der Waals surface area contributed by atoms with Crippen molar-refractivity contribution in [1.29, 1.82) is 0 Å². The van der Waals surface area contributed by atoms with Gasteiger partial charge in [-0.1, -0.05) is 6.92 Å². The molecule has 0 unspecified atom stereocenters. The predicted octanol–water partition coefficient (Wildman–Crippen LogP) is 3.45. The summed E-state index contributed by atoms with van der Waals surface area (Å²) in [6, 6.07) is 4.50. The Morgan fingerprint density at radius 3 is 2.18 bits per heavy atom. The molecule has 3 aliphatic rings. The Labute approximate surface area is 259 Å². The van der Waals surface area contributed by atoms with E-state index in [0.29, 0.717) is 6.42 Å². The number of furan rings is 1. The van der Waals surface area contributed by atoms with Gasteiger partial charge in [-0.2, -0.15) is 0 Å². The molecule has 1 saturated heterocycles. The van der Waals surface area contributed by atoms with E-state index in [1.54, 1.807) is 19.9 Å². The molecule has 1 spiro atoms. The van der Waals surface area contributed by atoms with E-state index in [1.165, 1.54) is 57.8 Å². The molecule has 3 fully saturated rings. The van der Waals surface area contributed by atoms with E-state index in [0.717, 1.165) is 0 Å². The van der Waals surface area contributed by atoms with Crippen molar-refractivity contribution in [3.63, 3.8) is 0 Å². The van der Waals surface area contributed by atoms with E-state index in [4.69, 9.17) is 32.8 Å². The monoisotopic (exact) mass is 627 g/mol. The maximum absolute atomic E-state index is 13.8. The second-order valence-corrected chi connectivity index (χ2v) is 12.4. The standard InChI is InChI=1S/C32H37NO12/c1-17-9-10-23(41-19(3)35)31(16-40-18(2)34)27(44-28(37)21-8-7-12-33-14-21)25(42-20(4)36)24-26(32(17,31)45-30(24,5)6)43-29(38)22-11-13-39-15-22/h7-8,11-15,17,23-27H,9-10,16H2,1-6H3/t17-,23+,24-,25-,26-,27-,31+,32-/m1/s1. The quantitative estimate of drug-likeness (QED) is 0.309. The lowest BCUT2D eigenvalue weighted by Gasteiger charge is -2.63. The molecule has 2 saturated carbocycles. The molecule has 0 radical (unpaired) electrons. The lowest BCUT2D eigenvalue weighted by Crippen LogP contribution is -2.79. The third-order valence-corrected chi connectivity index (χ3v) is 9.29. The van der Waals surface area contributed by atoms with Crippen molar-refractivity contribution in [2.75, 3.05) is 6.61 Å². The summed E-state index contributed by atoms with van der Waals surface area (Å²) in [6.07, 6.45) is 1.08. The highest BCUT2D eigenvalue weighted by Crippen LogP contribution is 2.68. The van der Waals surface area contributed by atoms with E-state index in [9.17, 15) is 24.0 Å². The molecular weight excluding hydrogens is 590 g/mol. The van der Waals surface area contributed by atoms with E-state index in [1.807, 2.05) is 6.92 Å². The predicted molar refractivity (Wildman–Crippen MR) is 151 cm³/mol. The number of nitrogens with zero attached hydrogens (tertiary/aromatic N) is 1. The summed E-state index contributed by atoms with van der Waals surface area (Å²) in [4.78, 5) is 69.2. The van der Waals surface area contributed by atoms with E-state index < -0.39 is 89.3 Å². The van der Waals surface area contributed by atoms with Gasteiger partial charge in [0.15, 0.2) is 6.10 Å². The summed E-state index contributed by atoms with van der Waals surface area (Å²) < 4.78 is 42.3. The Hall–Kier alpha value is -4.26. The number of ether oxygens (including phenoxy) is 6. The zero-order chi connectivity index (χ0) is 32.7. The average Bonchev–Trinajstić information content (AvgIpc) is 3.57. The smallest absolute Gasteiger partial charge is 0.341 e. The zero-order valence-corrected chi connectivity index (χ0v) is 26.0. The van der Waals surface area contributed by atoms with Gasteiger partial charge in [-0.15, -0.1) is 0 Å². The summed E-state index contributed by atoms with van der Waals surface area (Å²) in [5.74, 6) is -4.93. The molecule has 13 heteroatoms. The third kappa shape index (κ3) is 5.36. The number of hydrogen-bond acceptors (Lipinski definition) is 13. The Balaban J connectivity index is 1.80. The number of pyridine rings is 1. The second kappa shape index (κ2) is 11.9. The third-order valence-electron chi connectivity index (χ3n) is 9.29. The Morgan fingerprint density at radius 2 is 1.58 bits per heavy atom. The van der Waals surface area contributed by atoms with Crippen LogP contribution >= 0.6 is 0 Å². The van der Waals surface area contributed by atoms with Gasteiger partial charge in [0.05, 0.1) is 28.9 Å². The maximum Gasteiger partial charge on any atom is 0.341 e. The Morgan fingerprint density at radius 1 is 0.889 bits per heavy atom. The van der Waals surface area contributed by atoms with Crippen molar-refractivity contribution in [1.82, 2.24) is 4.98 Å². The van der Waals surface area contributed by atoms with Crippen LogP contribution in [0.4, 0.5) is 0 Å². The Bertz CT molecular complexity index is 1460. The molecule has 2 aliphatic carbocycles. The van der Waals surface area contributed by atoms with Crippen LogP contribution in [0.25, 0.3) is 0 Å². The summed E-state index contributed by atoms with van der Waals surface area (Å²) >= 11 is 0. The van der Waals surface area contributed by atoms with Crippen molar-refractivity contribution >= 4 is 29.8 Å². The van der Waals surface area contributed by atoms with Gasteiger partial charge in [0.1, 0.15) is 42.2 Å². The maximum atomic E-state index is 13.8. The van der Waals surface area contributed by atoms with Gasteiger partial charge in [-0.3, -0.25) is 19.4 Å². The number of fused-ring (bicyclic) bond motifs is 1. The van der Waals surface area contributed by atoms with Crippen LogP contribution in [-0.2, 0) is 42.8 Å². The number of esters is 5. The van der Waals surface area contributed by atoms with Crippen LogP contribution in [0.15, 0.2) is 47.5 Å². The van der Waals surface area contributed by atoms with Gasteiger partial charge in [0, 0.05) is 33.2 Å². The van der Waals surface area contributed by atoms with Crippen LogP contribution in [-0.4, -0.2) is 77.1 Å². The molecule has 242 valence electrons. The number of carbonyl (C=O) groups is 5.